The first-order valence-electron chi connectivity index (χ1n) is 11.2. The molecule has 4 atom stereocenters. The maximum atomic E-state index is 12.2. The molecule has 1 aromatic carbocycles. The highest BCUT2D eigenvalue weighted by Gasteiger charge is 2.38. The molecule has 1 saturated carbocycles. The van der Waals surface area contributed by atoms with Crippen molar-refractivity contribution in [2.75, 3.05) is 13.2 Å². The van der Waals surface area contributed by atoms with E-state index >= 15 is 0 Å². The SMILES string of the molecule is NC1c2c(-c3ccccc3)cc(C3=CPC(C(=O)NCCO)N=C3)nc2SC1SC1CCC1. The number of thioether (sulfide) groups is 2. The van der Waals surface area contributed by atoms with Gasteiger partial charge in [0.05, 0.1) is 22.9 Å². The van der Waals surface area contributed by atoms with Crippen LogP contribution in [0.25, 0.3) is 16.7 Å². The molecule has 1 fully saturated rings. The molecule has 1 aliphatic carbocycles. The van der Waals surface area contributed by atoms with Crippen molar-refractivity contribution >= 4 is 49.8 Å². The number of pyridine rings is 1. The number of rotatable bonds is 7. The second kappa shape index (κ2) is 10.3. The van der Waals surface area contributed by atoms with Crippen molar-refractivity contribution in [2.45, 2.75) is 45.9 Å². The number of hydrogen-bond donors (Lipinski definition) is 3. The van der Waals surface area contributed by atoms with Crippen LogP contribution < -0.4 is 11.1 Å². The number of nitrogens with zero attached hydrogens (tertiary/aromatic N) is 2. The maximum Gasteiger partial charge on any atom is 0.249 e. The van der Waals surface area contributed by atoms with Gasteiger partial charge >= 0.3 is 0 Å². The van der Waals surface area contributed by atoms with Crippen molar-refractivity contribution in [3.63, 3.8) is 0 Å². The summed E-state index contributed by atoms with van der Waals surface area (Å²) in [6.07, 6.45) is 5.64. The Morgan fingerprint density at radius 3 is 2.79 bits per heavy atom. The Labute approximate surface area is 204 Å². The van der Waals surface area contributed by atoms with Gasteiger partial charge < -0.3 is 16.2 Å². The molecule has 2 aromatic rings. The molecule has 172 valence electrons. The van der Waals surface area contributed by atoms with E-state index in [1.807, 2.05) is 30.0 Å². The Hall–Kier alpha value is -1.70. The summed E-state index contributed by atoms with van der Waals surface area (Å²) in [5, 5.41) is 13.3. The van der Waals surface area contributed by atoms with Crippen LogP contribution in [0.2, 0.25) is 0 Å². The summed E-state index contributed by atoms with van der Waals surface area (Å²) >= 11 is 3.80. The quantitative estimate of drug-likeness (QED) is 0.499. The topological polar surface area (TPSA) is 101 Å². The summed E-state index contributed by atoms with van der Waals surface area (Å²) in [4.78, 5) is 21.7. The Kier molecular flexibility index (Phi) is 7.18. The van der Waals surface area contributed by atoms with E-state index in [2.05, 4.69) is 34.3 Å². The number of aliphatic hydroxyl groups is 1. The molecular formula is C24H27N4O2PS2. The lowest BCUT2D eigenvalue weighted by Gasteiger charge is -2.28. The molecule has 2 aliphatic heterocycles. The van der Waals surface area contributed by atoms with Crippen LogP contribution in [0.1, 0.15) is 36.6 Å². The predicted octanol–water partition coefficient (Wildman–Crippen LogP) is 4.00. The number of hydrogen-bond acceptors (Lipinski definition) is 7. The number of nitrogens with one attached hydrogen (secondary N) is 1. The summed E-state index contributed by atoms with van der Waals surface area (Å²) < 4.78 is 0.283. The van der Waals surface area contributed by atoms with Gasteiger partial charge in [-0.25, -0.2) is 4.98 Å². The fourth-order valence-electron chi connectivity index (χ4n) is 4.04. The average Bonchev–Trinajstić information content (AvgIpc) is 3.15. The summed E-state index contributed by atoms with van der Waals surface area (Å²) in [5.74, 6) is 1.47. The Morgan fingerprint density at radius 2 is 2.12 bits per heavy atom. The van der Waals surface area contributed by atoms with Crippen molar-refractivity contribution < 1.29 is 9.90 Å². The number of benzene rings is 1. The van der Waals surface area contributed by atoms with Gasteiger partial charge in [-0.1, -0.05) is 57.1 Å². The van der Waals surface area contributed by atoms with Crippen molar-refractivity contribution in [1.29, 1.82) is 0 Å². The van der Waals surface area contributed by atoms with E-state index in [0.29, 0.717) is 5.25 Å². The van der Waals surface area contributed by atoms with Crippen LogP contribution >= 0.6 is 32.1 Å². The van der Waals surface area contributed by atoms with Crippen LogP contribution in [0, 0.1) is 0 Å². The van der Waals surface area contributed by atoms with Crippen LogP contribution in [0.5, 0.6) is 0 Å². The smallest absolute Gasteiger partial charge is 0.249 e. The average molecular weight is 499 g/mol. The molecule has 0 saturated heterocycles. The number of carbonyl (C=O) groups excluding carboxylic acids is 1. The summed E-state index contributed by atoms with van der Waals surface area (Å²) in [5.41, 5.74) is 12.0. The lowest BCUT2D eigenvalue weighted by Crippen LogP contribution is -2.33. The Bertz CT molecular complexity index is 1090. The molecule has 0 radical (unpaired) electrons. The lowest BCUT2D eigenvalue weighted by molar-refractivity contribution is -0.120. The molecule has 6 nitrogen and oxygen atoms in total. The maximum absolute atomic E-state index is 12.2. The van der Waals surface area contributed by atoms with E-state index in [1.54, 1.807) is 18.0 Å². The number of fused-ring (bicyclic) bond motifs is 1. The molecule has 0 spiro atoms. The van der Waals surface area contributed by atoms with Crippen LogP contribution in [-0.4, -0.2) is 51.0 Å². The monoisotopic (exact) mass is 498 g/mol. The van der Waals surface area contributed by atoms with E-state index in [1.165, 1.54) is 19.3 Å². The van der Waals surface area contributed by atoms with Crippen LogP contribution in [0.4, 0.5) is 0 Å². The van der Waals surface area contributed by atoms with Gasteiger partial charge in [0.25, 0.3) is 0 Å². The van der Waals surface area contributed by atoms with E-state index in [-0.39, 0.29) is 38.3 Å². The number of aliphatic hydroxyl groups excluding tert-OH is 1. The van der Waals surface area contributed by atoms with Gasteiger partial charge in [-0.3, -0.25) is 9.79 Å². The van der Waals surface area contributed by atoms with E-state index in [4.69, 9.17) is 15.8 Å². The molecule has 5 rings (SSSR count). The molecule has 1 aromatic heterocycles. The first-order valence-corrected chi connectivity index (χ1v) is 14.2. The van der Waals surface area contributed by atoms with Crippen molar-refractivity contribution in [2.24, 2.45) is 10.7 Å². The minimum absolute atomic E-state index is 0.0529. The van der Waals surface area contributed by atoms with Crippen LogP contribution in [-0.2, 0) is 4.79 Å². The third-order valence-electron chi connectivity index (χ3n) is 6.06. The van der Waals surface area contributed by atoms with Gasteiger partial charge in [-0.15, -0.1) is 11.8 Å². The highest BCUT2D eigenvalue weighted by atomic mass is 32.2. The zero-order chi connectivity index (χ0) is 22.8. The second-order valence-corrected chi connectivity index (χ2v) is 12.3. The highest BCUT2D eigenvalue weighted by molar-refractivity contribution is 8.17. The number of nitrogens with two attached hydrogens (primary N) is 1. The Morgan fingerprint density at radius 1 is 1.30 bits per heavy atom. The first kappa shape index (κ1) is 23.1. The number of carbonyl (C=O) groups is 1. The zero-order valence-electron chi connectivity index (χ0n) is 18.1. The summed E-state index contributed by atoms with van der Waals surface area (Å²) in [6.45, 7) is 0.170. The van der Waals surface area contributed by atoms with Gasteiger partial charge in [0.15, 0.2) is 0 Å². The van der Waals surface area contributed by atoms with Crippen LogP contribution in [0.3, 0.4) is 0 Å². The fourth-order valence-corrected chi connectivity index (χ4v) is 8.30. The van der Waals surface area contributed by atoms with Gasteiger partial charge in [-0.2, -0.15) is 0 Å². The zero-order valence-corrected chi connectivity index (χ0v) is 20.7. The number of allylic oxidation sites excluding steroid dienone is 1. The van der Waals surface area contributed by atoms with Crippen LogP contribution in [0.15, 0.2) is 52.2 Å². The van der Waals surface area contributed by atoms with Crippen molar-refractivity contribution in [3.05, 3.63) is 53.5 Å². The second-order valence-electron chi connectivity index (χ2n) is 8.30. The van der Waals surface area contributed by atoms with Crippen molar-refractivity contribution in [3.8, 4) is 11.1 Å². The predicted molar refractivity (Wildman–Crippen MR) is 140 cm³/mol. The molecular weight excluding hydrogens is 471 g/mol. The molecule has 0 bridgehead atoms. The fraction of sp³-hybridized carbons (Fsp3) is 0.375. The molecule has 33 heavy (non-hydrogen) atoms. The third-order valence-corrected chi connectivity index (χ3v) is 10.4. The molecule has 9 heteroatoms. The number of aromatic nitrogens is 1. The molecule has 4 N–H and O–H groups in total. The van der Waals surface area contributed by atoms with E-state index < -0.39 is 5.78 Å². The molecule has 4 unspecified atom stereocenters. The summed E-state index contributed by atoms with van der Waals surface area (Å²) in [7, 11) is 0.229. The number of amides is 1. The minimum Gasteiger partial charge on any atom is -0.395 e. The molecule has 3 aliphatic rings. The third kappa shape index (κ3) is 4.91. The largest absolute Gasteiger partial charge is 0.395 e. The minimum atomic E-state index is -0.436. The van der Waals surface area contributed by atoms with Gasteiger partial charge in [-0.05, 0) is 35.9 Å². The normalized spacial score (nSPS) is 24.9. The lowest BCUT2D eigenvalue weighted by atomic mass is 9.96. The molecule has 1 amide bonds. The van der Waals surface area contributed by atoms with Gasteiger partial charge in [0.1, 0.15) is 10.8 Å². The van der Waals surface area contributed by atoms with Crippen molar-refractivity contribution in [1.82, 2.24) is 10.3 Å². The van der Waals surface area contributed by atoms with Gasteiger partial charge in [0.2, 0.25) is 5.91 Å². The standard InChI is InChI=1S/C24H27N4O2PS2/c25-20-19-17(14-5-2-1-3-6-14)11-18(28-23(19)33-24(20)32-16-7-4-8-16)15-12-27-22(31-13-15)21(30)26-9-10-29/h1-3,5-6,11-13,16,20,22,24,29,31H,4,7-10,25H2,(H,26,30). The Balaban J connectivity index is 1.44. The number of aliphatic imine (C=N–C) groups is 1. The molecule has 3 heterocycles. The van der Waals surface area contributed by atoms with E-state index in [0.717, 1.165) is 33.0 Å². The summed E-state index contributed by atoms with van der Waals surface area (Å²) in [6, 6.07) is 12.4. The van der Waals surface area contributed by atoms with E-state index in [9.17, 15) is 4.79 Å². The highest BCUT2D eigenvalue weighted by Crippen LogP contribution is 2.53. The first-order chi connectivity index (χ1) is 16.1. The van der Waals surface area contributed by atoms with Gasteiger partial charge in [0, 0.05) is 29.1 Å².